The number of alkyl halides is 5. The van der Waals surface area contributed by atoms with Crippen LogP contribution >= 0.6 is 0 Å². The number of sulfonamides is 1. The first-order chi connectivity index (χ1) is 8.58. The molecule has 10 heteroatoms. The van der Waals surface area contributed by atoms with Gasteiger partial charge in [-0.3, -0.25) is 4.72 Å². The van der Waals surface area contributed by atoms with E-state index in [1.807, 2.05) is 0 Å². The Hall–Kier alpha value is -1.89. The molecule has 1 N–H and O–H groups in total. The molecule has 0 spiro atoms. The lowest BCUT2D eigenvalue weighted by Gasteiger charge is -2.12. The fraction of sp³-hybridized carbons (Fsp3) is 0.222. The number of rotatable bonds is 3. The van der Waals surface area contributed by atoms with Crippen LogP contribution in [0.3, 0.4) is 0 Å². The molecule has 0 unspecified atom stereocenters. The summed E-state index contributed by atoms with van der Waals surface area (Å²) in [5.74, 6) is -3.78. The predicted molar refractivity (Wildman–Crippen MR) is 54.7 cm³/mol. The van der Waals surface area contributed by atoms with Crippen LogP contribution in [0.2, 0.25) is 0 Å². The van der Waals surface area contributed by atoms with Crippen molar-refractivity contribution in [2.24, 2.45) is 0 Å². The molecule has 0 aliphatic rings. The second-order valence-electron chi connectivity index (χ2n) is 3.28. The molecule has 1 aromatic carbocycles. The van der Waals surface area contributed by atoms with Gasteiger partial charge in [-0.1, -0.05) is 0 Å². The van der Waals surface area contributed by atoms with Crippen LogP contribution < -0.4 is 4.72 Å². The summed E-state index contributed by atoms with van der Waals surface area (Å²) in [5, 5.41) is 8.48. The van der Waals surface area contributed by atoms with Crippen molar-refractivity contribution in [3.05, 3.63) is 29.3 Å². The van der Waals surface area contributed by atoms with E-state index in [2.05, 4.69) is 0 Å². The fourth-order valence-corrected chi connectivity index (χ4v) is 1.69. The van der Waals surface area contributed by atoms with Gasteiger partial charge < -0.3 is 0 Å². The highest BCUT2D eigenvalue weighted by molar-refractivity contribution is 7.93. The lowest BCUT2D eigenvalue weighted by atomic mass is 10.1. The van der Waals surface area contributed by atoms with E-state index in [-0.39, 0.29) is 6.07 Å². The average molecular weight is 300 g/mol. The Morgan fingerprint density at radius 3 is 2.26 bits per heavy atom. The Balaban J connectivity index is 3.25. The standard InChI is InChI=1S/C9H5F5N2O2S/c10-8(11)19(17,18)16-6-2-1-5(4-15)7(3-6)9(12,13)14/h1-3,8,16H. The van der Waals surface area contributed by atoms with E-state index < -0.39 is 38.8 Å². The van der Waals surface area contributed by atoms with Crippen molar-refractivity contribution >= 4 is 15.7 Å². The normalized spacial score (nSPS) is 12.3. The van der Waals surface area contributed by atoms with Crippen molar-refractivity contribution in [1.29, 1.82) is 5.26 Å². The first kappa shape index (κ1) is 15.2. The highest BCUT2D eigenvalue weighted by Gasteiger charge is 2.34. The third-order valence-electron chi connectivity index (χ3n) is 1.94. The minimum atomic E-state index is -5.07. The van der Waals surface area contributed by atoms with Gasteiger partial charge in [-0.25, -0.2) is 8.42 Å². The van der Waals surface area contributed by atoms with Crippen LogP contribution in [0.15, 0.2) is 18.2 Å². The molecule has 0 bridgehead atoms. The topological polar surface area (TPSA) is 70.0 Å². The van der Waals surface area contributed by atoms with Crippen LogP contribution in [-0.4, -0.2) is 14.2 Å². The summed E-state index contributed by atoms with van der Waals surface area (Å²) in [6, 6.07) is 3.02. The van der Waals surface area contributed by atoms with Crippen molar-refractivity contribution in [1.82, 2.24) is 0 Å². The molecule has 0 aliphatic heterocycles. The van der Waals surface area contributed by atoms with E-state index in [4.69, 9.17) is 5.26 Å². The zero-order chi connectivity index (χ0) is 14.8. The molecule has 0 fully saturated rings. The number of nitrogens with zero attached hydrogens (tertiary/aromatic N) is 1. The van der Waals surface area contributed by atoms with Gasteiger partial charge in [0.15, 0.2) is 0 Å². The van der Waals surface area contributed by atoms with Crippen LogP contribution in [0.4, 0.5) is 27.6 Å². The predicted octanol–water partition coefficient (Wildman–Crippen LogP) is 2.54. The largest absolute Gasteiger partial charge is 0.417 e. The second kappa shape index (κ2) is 5.00. The molecule has 104 valence electrons. The number of hydrogen-bond donors (Lipinski definition) is 1. The van der Waals surface area contributed by atoms with Gasteiger partial charge in [0.05, 0.1) is 17.2 Å². The lowest BCUT2D eigenvalue weighted by Crippen LogP contribution is -2.21. The average Bonchev–Trinajstić information content (AvgIpc) is 2.27. The Labute approximate surface area is 104 Å². The lowest BCUT2D eigenvalue weighted by molar-refractivity contribution is -0.137. The maximum absolute atomic E-state index is 12.5. The maximum atomic E-state index is 12.5. The van der Waals surface area contributed by atoms with Gasteiger partial charge >= 0.3 is 11.9 Å². The van der Waals surface area contributed by atoms with Gasteiger partial charge in [0.25, 0.3) is 10.0 Å². The summed E-state index contributed by atoms with van der Waals surface area (Å²) in [5.41, 5.74) is -2.86. The number of halogens is 5. The summed E-state index contributed by atoms with van der Waals surface area (Å²) in [6.45, 7) is 0. The number of hydrogen-bond acceptors (Lipinski definition) is 3. The first-order valence-corrected chi connectivity index (χ1v) is 6.03. The molecule has 0 saturated carbocycles. The molecule has 0 aliphatic carbocycles. The minimum Gasteiger partial charge on any atom is -0.279 e. The van der Waals surface area contributed by atoms with Crippen molar-refractivity contribution in [3.63, 3.8) is 0 Å². The summed E-state index contributed by atoms with van der Waals surface area (Å²) in [7, 11) is -5.07. The molecule has 19 heavy (non-hydrogen) atoms. The van der Waals surface area contributed by atoms with Crippen molar-refractivity contribution in [3.8, 4) is 6.07 Å². The van der Waals surface area contributed by atoms with Crippen LogP contribution in [0, 0.1) is 11.3 Å². The second-order valence-corrected chi connectivity index (χ2v) is 4.93. The summed E-state index contributed by atoms with van der Waals surface area (Å²) in [6.07, 6.45) is -4.91. The maximum Gasteiger partial charge on any atom is 0.417 e. The molecule has 0 atom stereocenters. The smallest absolute Gasteiger partial charge is 0.279 e. The fourth-order valence-electron chi connectivity index (χ4n) is 1.15. The van der Waals surface area contributed by atoms with Crippen molar-refractivity contribution in [2.45, 2.75) is 11.9 Å². The Morgan fingerprint density at radius 1 is 1.26 bits per heavy atom. The SMILES string of the molecule is N#Cc1ccc(NS(=O)(=O)C(F)F)cc1C(F)(F)F. The Kier molecular flexibility index (Phi) is 4.00. The Bertz CT molecular complexity index is 618. The molecule has 0 heterocycles. The number of benzene rings is 1. The molecular weight excluding hydrogens is 295 g/mol. The minimum absolute atomic E-state index is 0.276. The van der Waals surface area contributed by atoms with Crippen LogP contribution in [0.5, 0.6) is 0 Å². The van der Waals surface area contributed by atoms with Gasteiger partial charge in [0, 0.05) is 5.69 Å². The molecular formula is C9H5F5N2O2S. The van der Waals surface area contributed by atoms with E-state index in [1.54, 1.807) is 0 Å². The van der Waals surface area contributed by atoms with E-state index in [0.717, 1.165) is 6.07 Å². The number of nitrogens with one attached hydrogen (secondary N) is 1. The van der Waals surface area contributed by atoms with Gasteiger partial charge in [-0.2, -0.15) is 27.2 Å². The molecule has 1 rings (SSSR count). The van der Waals surface area contributed by atoms with Gasteiger partial charge in [-0.15, -0.1) is 0 Å². The van der Waals surface area contributed by atoms with Crippen LogP contribution in [0.25, 0.3) is 0 Å². The zero-order valence-corrected chi connectivity index (χ0v) is 9.69. The third-order valence-corrected chi connectivity index (χ3v) is 2.93. The van der Waals surface area contributed by atoms with Gasteiger partial charge in [0.2, 0.25) is 0 Å². The molecule has 4 nitrogen and oxygen atoms in total. The number of anilines is 1. The summed E-state index contributed by atoms with van der Waals surface area (Å²) in [4.78, 5) is 0. The highest BCUT2D eigenvalue weighted by atomic mass is 32.2. The van der Waals surface area contributed by atoms with E-state index >= 15 is 0 Å². The first-order valence-electron chi connectivity index (χ1n) is 4.49. The van der Waals surface area contributed by atoms with Crippen molar-refractivity contribution < 1.29 is 30.4 Å². The molecule has 0 saturated heterocycles. The number of nitriles is 1. The molecule has 1 aromatic rings. The Morgan fingerprint density at radius 2 is 1.84 bits per heavy atom. The van der Waals surface area contributed by atoms with Crippen LogP contribution in [0.1, 0.15) is 11.1 Å². The van der Waals surface area contributed by atoms with E-state index in [9.17, 15) is 30.4 Å². The highest BCUT2D eigenvalue weighted by Crippen LogP contribution is 2.33. The van der Waals surface area contributed by atoms with E-state index in [0.29, 0.717) is 6.07 Å². The molecule has 0 amide bonds. The summed E-state index contributed by atoms with van der Waals surface area (Å²) >= 11 is 0. The van der Waals surface area contributed by atoms with Gasteiger partial charge in [-0.05, 0) is 18.2 Å². The van der Waals surface area contributed by atoms with E-state index in [1.165, 1.54) is 10.8 Å². The van der Waals surface area contributed by atoms with Crippen LogP contribution in [-0.2, 0) is 16.2 Å². The monoisotopic (exact) mass is 300 g/mol. The summed E-state index contributed by atoms with van der Waals surface area (Å²) < 4.78 is 84.6. The van der Waals surface area contributed by atoms with Crippen molar-refractivity contribution in [2.75, 3.05) is 4.72 Å². The zero-order valence-electron chi connectivity index (χ0n) is 8.87. The quantitative estimate of drug-likeness (QED) is 0.872. The third kappa shape index (κ3) is 3.54. The molecule has 0 aromatic heterocycles. The van der Waals surface area contributed by atoms with Gasteiger partial charge in [0.1, 0.15) is 0 Å². The molecule has 0 radical (unpaired) electrons.